The number of hydrogen-bond donors (Lipinski definition) is 0. The zero-order valence-corrected chi connectivity index (χ0v) is 17.5. The third-order valence-electron chi connectivity index (χ3n) is 4.95. The summed E-state index contributed by atoms with van der Waals surface area (Å²) in [6.07, 6.45) is 1.50. The first-order valence-corrected chi connectivity index (χ1v) is 10.7. The molecular formula is C20H26ClN3O2S. The molecule has 0 aliphatic carbocycles. The van der Waals surface area contributed by atoms with Crippen LogP contribution in [0, 0.1) is 13.8 Å². The third-order valence-corrected chi connectivity index (χ3v) is 6.55. The predicted molar refractivity (Wildman–Crippen MR) is 109 cm³/mol. The van der Waals surface area contributed by atoms with Crippen LogP contribution in [-0.2, 0) is 11.2 Å². The first-order chi connectivity index (χ1) is 13.0. The van der Waals surface area contributed by atoms with Gasteiger partial charge in [-0.05, 0) is 44.7 Å². The van der Waals surface area contributed by atoms with Crippen molar-refractivity contribution in [2.24, 2.45) is 0 Å². The molecule has 7 heteroatoms. The highest BCUT2D eigenvalue weighted by Gasteiger charge is 2.23. The summed E-state index contributed by atoms with van der Waals surface area (Å²) in [5.41, 5.74) is 1.74. The quantitative estimate of drug-likeness (QED) is 0.516. The first kappa shape index (κ1) is 20.2. The van der Waals surface area contributed by atoms with Gasteiger partial charge in [-0.1, -0.05) is 28.9 Å². The second-order valence-electron chi connectivity index (χ2n) is 6.83. The summed E-state index contributed by atoms with van der Waals surface area (Å²) in [6.45, 7) is 8.26. The largest absolute Gasteiger partial charge is 0.361 e. The summed E-state index contributed by atoms with van der Waals surface area (Å²) in [6, 6.07) is 7.98. The first-order valence-electron chi connectivity index (χ1n) is 9.34. The Bertz CT molecular complexity index is 753. The van der Waals surface area contributed by atoms with Gasteiger partial charge in [-0.2, -0.15) is 0 Å². The lowest BCUT2D eigenvalue weighted by molar-refractivity contribution is -0.132. The fourth-order valence-electron chi connectivity index (χ4n) is 3.27. The summed E-state index contributed by atoms with van der Waals surface area (Å²) < 4.78 is 5.16. The predicted octanol–water partition coefficient (Wildman–Crippen LogP) is 3.81. The molecule has 5 nitrogen and oxygen atoms in total. The van der Waals surface area contributed by atoms with Gasteiger partial charge in [-0.3, -0.25) is 9.69 Å². The van der Waals surface area contributed by atoms with Gasteiger partial charge in [0, 0.05) is 36.6 Å². The Morgan fingerprint density at radius 3 is 2.63 bits per heavy atom. The number of carbonyl (C=O) groups excluding carboxylic acids is 1. The van der Waals surface area contributed by atoms with E-state index in [0.717, 1.165) is 71.8 Å². The van der Waals surface area contributed by atoms with Crippen molar-refractivity contribution >= 4 is 29.3 Å². The van der Waals surface area contributed by atoms with E-state index in [1.165, 1.54) is 0 Å². The average Bonchev–Trinajstić information content (AvgIpc) is 2.99. The van der Waals surface area contributed by atoms with Crippen molar-refractivity contribution in [1.29, 1.82) is 0 Å². The van der Waals surface area contributed by atoms with Gasteiger partial charge >= 0.3 is 0 Å². The number of aryl methyl sites for hydroxylation is 2. The maximum atomic E-state index is 12.5. The molecular weight excluding hydrogens is 382 g/mol. The average molecular weight is 408 g/mol. The molecule has 2 heterocycles. The van der Waals surface area contributed by atoms with Crippen molar-refractivity contribution in [1.82, 2.24) is 15.0 Å². The molecule has 1 aliphatic heterocycles. The standard InChI is InChI=1S/C20H26ClN3O2S/c1-15-17(16(2)26-22-15)14-20(25)24-11-9-23(10-12-24)8-5-13-27-19-7-4-3-6-18(19)21/h3-4,6-7H,5,8-14H2,1-2H3. The van der Waals surface area contributed by atoms with Crippen molar-refractivity contribution in [3.8, 4) is 0 Å². The maximum absolute atomic E-state index is 12.5. The van der Waals surface area contributed by atoms with E-state index in [2.05, 4.69) is 16.1 Å². The molecule has 146 valence electrons. The molecule has 1 aromatic heterocycles. The molecule has 0 bridgehead atoms. The Morgan fingerprint density at radius 1 is 1.22 bits per heavy atom. The number of amides is 1. The summed E-state index contributed by atoms with van der Waals surface area (Å²) in [7, 11) is 0. The fourth-order valence-corrected chi connectivity index (χ4v) is 4.44. The third kappa shape index (κ3) is 5.50. The van der Waals surface area contributed by atoms with Crippen LogP contribution in [-0.4, -0.2) is 59.3 Å². The smallest absolute Gasteiger partial charge is 0.227 e. The number of nitrogens with zero attached hydrogens (tertiary/aromatic N) is 3. The molecule has 0 spiro atoms. The van der Waals surface area contributed by atoms with E-state index in [4.69, 9.17) is 16.1 Å². The van der Waals surface area contributed by atoms with Crippen LogP contribution in [0.5, 0.6) is 0 Å². The van der Waals surface area contributed by atoms with Crippen LogP contribution in [0.2, 0.25) is 5.02 Å². The molecule has 2 aromatic rings. The van der Waals surface area contributed by atoms with E-state index < -0.39 is 0 Å². The van der Waals surface area contributed by atoms with Crippen molar-refractivity contribution in [3.63, 3.8) is 0 Å². The fraction of sp³-hybridized carbons (Fsp3) is 0.500. The second-order valence-corrected chi connectivity index (χ2v) is 8.38. The van der Waals surface area contributed by atoms with E-state index in [-0.39, 0.29) is 5.91 Å². The Kier molecular flexibility index (Phi) is 7.21. The Labute approximate surface area is 170 Å². The molecule has 1 saturated heterocycles. The minimum absolute atomic E-state index is 0.165. The van der Waals surface area contributed by atoms with Crippen LogP contribution >= 0.6 is 23.4 Å². The number of thioether (sulfide) groups is 1. The van der Waals surface area contributed by atoms with Crippen molar-refractivity contribution in [2.45, 2.75) is 31.6 Å². The van der Waals surface area contributed by atoms with Crippen molar-refractivity contribution in [3.05, 3.63) is 46.3 Å². The number of piperazine rings is 1. The van der Waals surface area contributed by atoms with Gasteiger partial charge in [0.2, 0.25) is 5.91 Å². The lowest BCUT2D eigenvalue weighted by Crippen LogP contribution is -2.49. The molecule has 1 aromatic carbocycles. The molecule has 0 saturated carbocycles. The number of aromatic nitrogens is 1. The number of carbonyl (C=O) groups is 1. The van der Waals surface area contributed by atoms with Crippen LogP contribution < -0.4 is 0 Å². The van der Waals surface area contributed by atoms with Gasteiger partial charge in [0.05, 0.1) is 17.1 Å². The highest BCUT2D eigenvalue weighted by atomic mass is 35.5. The van der Waals surface area contributed by atoms with Crippen LogP contribution in [0.25, 0.3) is 0 Å². The summed E-state index contributed by atoms with van der Waals surface area (Å²) in [5, 5.41) is 4.76. The molecule has 1 fully saturated rings. The highest BCUT2D eigenvalue weighted by molar-refractivity contribution is 7.99. The van der Waals surface area contributed by atoms with E-state index in [1.807, 2.05) is 48.7 Å². The Balaban J connectivity index is 1.36. The van der Waals surface area contributed by atoms with Crippen LogP contribution in [0.4, 0.5) is 0 Å². The highest BCUT2D eigenvalue weighted by Crippen LogP contribution is 2.27. The minimum Gasteiger partial charge on any atom is -0.361 e. The van der Waals surface area contributed by atoms with E-state index in [1.54, 1.807) is 0 Å². The van der Waals surface area contributed by atoms with E-state index in [9.17, 15) is 4.79 Å². The zero-order chi connectivity index (χ0) is 19.2. The molecule has 3 rings (SSSR count). The number of rotatable bonds is 7. The molecule has 1 aliphatic rings. The summed E-state index contributed by atoms with van der Waals surface area (Å²) in [5.74, 6) is 1.96. The monoisotopic (exact) mass is 407 g/mol. The second kappa shape index (κ2) is 9.62. The Morgan fingerprint density at radius 2 is 1.96 bits per heavy atom. The van der Waals surface area contributed by atoms with E-state index in [0.29, 0.717) is 6.42 Å². The number of benzene rings is 1. The lowest BCUT2D eigenvalue weighted by Gasteiger charge is -2.34. The minimum atomic E-state index is 0.165. The topological polar surface area (TPSA) is 49.6 Å². The maximum Gasteiger partial charge on any atom is 0.227 e. The molecule has 27 heavy (non-hydrogen) atoms. The molecule has 1 amide bonds. The lowest BCUT2D eigenvalue weighted by atomic mass is 10.1. The van der Waals surface area contributed by atoms with Crippen LogP contribution in [0.1, 0.15) is 23.4 Å². The number of halogens is 1. The van der Waals surface area contributed by atoms with Gasteiger partial charge in [-0.25, -0.2) is 0 Å². The van der Waals surface area contributed by atoms with E-state index >= 15 is 0 Å². The molecule has 0 radical (unpaired) electrons. The normalized spacial score (nSPS) is 15.3. The van der Waals surface area contributed by atoms with Crippen LogP contribution in [0.15, 0.2) is 33.7 Å². The van der Waals surface area contributed by atoms with Gasteiger partial charge in [0.1, 0.15) is 5.76 Å². The Hall–Kier alpha value is -1.50. The van der Waals surface area contributed by atoms with Gasteiger partial charge in [-0.15, -0.1) is 11.8 Å². The molecule has 0 atom stereocenters. The zero-order valence-electron chi connectivity index (χ0n) is 15.9. The SMILES string of the molecule is Cc1noc(C)c1CC(=O)N1CCN(CCCSc2ccccc2Cl)CC1. The van der Waals surface area contributed by atoms with Crippen molar-refractivity contribution < 1.29 is 9.32 Å². The summed E-state index contributed by atoms with van der Waals surface area (Å²) >= 11 is 8.00. The number of hydrogen-bond acceptors (Lipinski definition) is 5. The van der Waals surface area contributed by atoms with Crippen LogP contribution in [0.3, 0.4) is 0 Å². The van der Waals surface area contributed by atoms with Crippen molar-refractivity contribution in [2.75, 3.05) is 38.5 Å². The molecule has 0 unspecified atom stereocenters. The summed E-state index contributed by atoms with van der Waals surface area (Å²) in [4.78, 5) is 18.1. The van der Waals surface area contributed by atoms with Gasteiger partial charge < -0.3 is 9.42 Å². The molecule has 0 N–H and O–H groups in total. The van der Waals surface area contributed by atoms with Gasteiger partial charge in [0.15, 0.2) is 0 Å². The van der Waals surface area contributed by atoms with Gasteiger partial charge in [0.25, 0.3) is 0 Å².